The fourth-order valence-corrected chi connectivity index (χ4v) is 6.87. The molecule has 1 N–H and O–H groups in total. The average Bonchev–Trinajstić information content (AvgIpc) is 3.09. The molecule has 0 amide bonds. The summed E-state index contributed by atoms with van der Waals surface area (Å²) in [4.78, 5) is 16.4. The quantitative estimate of drug-likeness (QED) is 0.0733. The Morgan fingerprint density at radius 3 is 1.79 bits per heavy atom. The summed E-state index contributed by atoms with van der Waals surface area (Å²) >= 11 is 0. The summed E-state index contributed by atoms with van der Waals surface area (Å²) in [6.07, 6.45) is 17.6. The van der Waals surface area contributed by atoms with Crippen LogP contribution < -0.4 is 9.80 Å². The number of aliphatic hydroxyl groups excluding tert-OH is 1. The lowest BCUT2D eigenvalue weighted by atomic mass is 9.93. The first-order valence-corrected chi connectivity index (χ1v) is 19.4. The van der Waals surface area contributed by atoms with Crippen molar-refractivity contribution in [2.75, 3.05) is 36.0 Å². The van der Waals surface area contributed by atoms with Crippen molar-refractivity contribution < 1.29 is 14.6 Å². The molecule has 5 heteroatoms. The van der Waals surface area contributed by atoms with E-state index in [1.807, 2.05) is 0 Å². The van der Waals surface area contributed by atoms with Crippen molar-refractivity contribution in [3.05, 3.63) is 60.7 Å². The maximum Gasteiger partial charge on any atom is 0.302 e. The molecular weight excluding hydrogens is 580 g/mol. The number of anilines is 2. The average molecular weight is 651 g/mol. The van der Waals surface area contributed by atoms with E-state index < -0.39 is 0 Å². The van der Waals surface area contributed by atoms with Gasteiger partial charge < -0.3 is 19.6 Å². The fourth-order valence-electron chi connectivity index (χ4n) is 6.87. The molecule has 0 saturated heterocycles. The van der Waals surface area contributed by atoms with Gasteiger partial charge in [-0.1, -0.05) is 122 Å². The van der Waals surface area contributed by atoms with Crippen LogP contribution in [0, 0.1) is 11.8 Å². The number of para-hydroxylation sites is 2. The Balaban J connectivity index is 2.08. The van der Waals surface area contributed by atoms with Crippen LogP contribution in [-0.4, -0.2) is 49.5 Å². The van der Waals surface area contributed by atoms with Crippen molar-refractivity contribution >= 4 is 17.3 Å². The van der Waals surface area contributed by atoms with Gasteiger partial charge >= 0.3 is 5.97 Å². The number of esters is 1. The lowest BCUT2D eigenvalue weighted by molar-refractivity contribution is -0.141. The molecule has 0 radical (unpaired) electrons. The summed E-state index contributed by atoms with van der Waals surface area (Å²) in [6.45, 7) is 14.4. The first-order valence-electron chi connectivity index (χ1n) is 19.4. The third-order valence-electron chi connectivity index (χ3n) is 9.95. The highest BCUT2D eigenvalue weighted by Crippen LogP contribution is 2.28. The Morgan fingerprint density at radius 2 is 1.21 bits per heavy atom. The van der Waals surface area contributed by atoms with Crippen molar-refractivity contribution in [3.8, 4) is 0 Å². The molecule has 4 unspecified atom stereocenters. The number of aliphatic hydroxyl groups is 1. The summed E-state index contributed by atoms with van der Waals surface area (Å²) in [5.41, 5.74) is 2.56. The van der Waals surface area contributed by atoms with Crippen LogP contribution >= 0.6 is 0 Å². The molecular formula is C42H70N2O3. The molecule has 266 valence electrons. The second-order valence-electron chi connectivity index (χ2n) is 13.8. The summed E-state index contributed by atoms with van der Waals surface area (Å²) in [5.74, 6) is 1.14. The van der Waals surface area contributed by atoms with E-state index in [2.05, 4.69) is 98.2 Å². The number of ether oxygens (including phenoxy) is 1. The van der Waals surface area contributed by atoms with E-state index in [-0.39, 0.29) is 18.1 Å². The van der Waals surface area contributed by atoms with Crippen molar-refractivity contribution in [1.29, 1.82) is 0 Å². The summed E-state index contributed by atoms with van der Waals surface area (Å²) < 4.78 is 5.18. The predicted molar refractivity (Wildman–Crippen MR) is 202 cm³/mol. The van der Waals surface area contributed by atoms with Gasteiger partial charge in [0.05, 0.1) is 18.8 Å². The van der Waals surface area contributed by atoms with Gasteiger partial charge in [0.15, 0.2) is 0 Å². The van der Waals surface area contributed by atoms with Gasteiger partial charge in [-0.2, -0.15) is 0 Å². The highest BCUT2D eigenvalue weighted by atomic mass is 16.5. The monoisotopic (exact) mass is 651 g/mol. The van der Waals surface area contributed by atoms with Gasteiger partial charge in [0.25, 0.3) is 0 Å². The van der Waals surface area contributed by atoms with E-state index in [1.54, 1.807) is 0 Å². The van der Waals surface area contributed by atoms with Crippen LogP contribution in [0.1, 0.15) is 137 Å². The minimum Gasteiger partial charge on any atom is -0.466 e. The van der Waals surface area contributed by atoms with Crippen molar-refractivity contribution in [2.45, 2.75) is 149 Å². The minimum absolute atomic E-state index is 0.0755. The van der Waals surface area contributed by atoms with Crippen LogP contribution in [0.25, 0.3) is 0 Å². The van der Waals surface area contributed by atoms with Crippen LogP contribution in [0.2, 0.25) is 0 Å². The number of rotatable bonds is 28. The van der Waals surface area contributed by atoms with E-state index in [9.17, 15) is 9.90 Å². The SMILES string of the molecule is CCCCC(CC)CN(CCCCCC(O)C(CCCCCOC(C)=O)N(CC(CC)CCCC)c1ccccc1)c1ccccc1. The summed E-state index contributed by atoms with van der Waals surface area (Å²) in [5, 5.41) is 11.9. The van der Waals surface area contributed by atoms with Crippen molar-refractivity contribution in [3.63, 3.8) is 0 Å². The van der Waals surface area contributed by atoms with E-state index in [0.29, 0.717) is 12.5 Å². The Hall–Kier alpha value is -2.53. The molecule has 0 fully saturated rings. The molecule has 0 aliphatic carbocycles. The first kappa shape index (κ1) is 40.6. The predicted octanol–water partition coefficient (Wildman–Crippen LogP) is 10.8. The van der Waals surface area contributed by atoms with Gasteiger partial charge in [0, 0.05) is 37.9 Å². The zero-order chi connectivity index (χ0) is 34.1. The van der Waals surface area contributed by atoms with E-state index >= 15 is 0 Å². The zero-order valence-electron chi connectivity index (χ0n) is 30.9. The van der Waals surface area contributed by atoms with Crippen molar-refractivity contribution in [2.24, 2.45) is 11.8 Å². The van der Waals surface area contributed by atoms with Crippen LogP contribution in [-0.2, 0) is 9.53 Å². The number of carbonyl (C=O) groups is 1. The number of unbranched alkanes of at least 4 members (excludes halogenated alkanes) is 6. The standard InChI is InChI=1S/C42H70N2O3/c1-6-10-24-37(8-3)34-43(39-26-16-12-17-27-39)32-22-14-21-31-42(46)41(30-20-15-23-33-47-36(5)45)44(40-28-18-13-19-29-40)35-38(9-4)25-11-7-2/h12-13,16-19,26-29,37-38,41-42,46H,6-11,14-15,20-25,30-35H2,1-5H3. The Labute approximate surface area is 289 Å². The molecule has 4 atom stereocenters. The van der Waals surface area contributed by atoms with E-state index in [4.69, 9.17) is 4.74 Å². The number of nitrogens with zero attached hydrogens (tertiary/aromatic N) is 2. The topological polar surface area (TPSA) is 53.0 Å². The van der Waals surface area contributed by atoms with Gasteiger partial charge in [0.2, 0.25) is 0 Å². The summed E-state index contributed by atoms with van der Waals surface area (Å²) in [6, 6.07) is 21.8. The maximum absolute atomic E-state index is 11.9. The lowest BCUT2D eigenvalue weighted by Gasteiger charge is -2.39. The highest BCUT2D eigenvalue weighted by molar-refractivity contribution is 5.65. The Morgan fingerprint density at radius 1 is 0.660 bits per heavy atom. The molecule has 0 aliphatic rings. The van der Waals surface area contributed by atoms with Crippen LogP contribution in [0.5, 0.6) is 0 Å². The van der Waals surface area contributed by atoms with Crippen LogP contribution in [0.4, 0.5) is 11.4 Å². The van der Waals surface area contributed by atoms with Gasteiger partial charge in [-0.3, -0.25) is 4.79 Å². The minimum atomic E-state index is -0.379. The Kier molecular flexibility index (Phi) is 22.0. The molecule has 2 rings (SSSR count). The normalized spacial score (nSPS) is 13.9. The molecule has 0 aliphatic heterocycles. The Bertz CT molecular complexity index is 1020. The fraction of sp³-hybridized carbons (Fsp3) is 0.690. The third-order valence-corrected chi connectivity index (χ3v) is 9.95. The highest BCUT2D eigenvalue weighted by Gasteiger charge is 2.28. The molecule has 0 spiro atoms. The van der Waals surface area contributed by atoms with Gasteiger partial charge in [0.1, 0.15) is 0 Å². The molecule has 0 aromatic heterocycles. The van der Waals surface area contributed by atoms with Crippen LogP contribution in [0.15, 0.2) is 60.7 Å². The van der Waals surface area contributed by atoms with Gasteiger partial charge in [-0.25, -0.2) is 0 Å². The number of hydrogen-bond donors (Lipinski definition) is 1. The zero-order valence-corrected chi connectivity index (χ0v) is 30.9. The first-order chi connectivity index (χ1) is 22.9. The second-order valence-corrected chi connectivity index (χ2v) is 13.8. The number of carbonyl (C=O) groups excluding carboxylic acids is 1. The molecule has 0 saturated carbocycles. The van der Waals surface area contributed by atoms with E-state index in [1.165, 1.54) is 63.2 Å². The molecule has 0 bridgehead atoms. The van der Waals surface area contributed by atoms with Crippen molar-refractivity contribution in [1.82, 2.24) is 0 Å². The van der Waals surface area contributed by atoms with E-state index in [0.717, 1.165) is 83.3 Å². The largest absolute Gasteiger partial charge is 0.466 e. The number of benzene rings is 2. The van der Waals surface area contributed by atoms with Gasteiger partial charge in [-0.15, -0.1) is 0 Å². The lowest BCUT2D eigenvalue weighted by Crippen LogP contribution is -2.46. The molecule has 0 heterocycles. The molecule has 5 nitrogen and oxygen atoms in total. The van der Waals surface area contributed by atoms with Gasteiger partial charge in [-0.05, 0) is 81.0 Å². The third kappa shape index (κ3) is 16.9. The smallest absolute Gasteiger partial charge is 0.302 e. The molecule has 2 aromatic carbocycles. The molecule has 2 aromatic rings. The maximum atomic E-state index is 11.9. The number of hydrogen-bond acceptors (Lipinski definition) is 5. The second kappa shape index (κ2) is 25.5. The van der Waals surface area contributed by atoms with Crippen LogP contribution in [0.3, 0.4) is 0 Å². The molecule has 47 heavy (non-hydrogen) atoms. The summed E-state index contributed by atoms with van der Waals surface area (Å²) in [7, 11) is 0.